The number of hydrogen-bond donors (Lipinski definition) is 1. The molecule has 0 saturated heterocycles. The van der Waals surface area contributed by atoms with Crippen LogP contribution in [0.15, 0.2) is 35.0 Å². The Kier molecular flexibility index (Phi) is 5.06. The minimum absolute atomic E-state index is 0.241. The molecular weight excluding hydrogens is 300 g/mol. The van der Waals surface area contributed by atoms with Crippen molar-refractivity contribution in [1.29, 1.82) is 0 Å². The summed E-state index contributed by atoms with van der Waals surface area (Å²) in [6, 6.07) is 8.95. The number of amides is 1. The fraction of sp³-hybridized carbons (Fsp3) is 0.438. The quantitative estimate of drug-likeness (QED) is 0.807. The highest BCUT2D eigenvalue weighted by Gasteiger charge is 2.21. The molecule has 3 rings (SSSR count). The lowest BCUT2D eigenvalue weighted by Gasteiger charge is -2.21. The Hall–Kier alpha value is -1.17. The first kappa shape index (κ1) is 14.8. The summed E-state index contributed by atoms with van der Waals surface area (Å²) in [5.41, 5.74) is 0. The summed E-state index contributed by atoms with van der Waals surface area (Å²) in [5, 5.41) is 7.55. The average molecular weight is 320 g/mol. The van der Waals surface area contributed by atoms with Gasteiger partial charge in [-0.05, 0) is 35.7 Å². The molecule has 0 atom stereocenters. The van der Waals surface area contributed by atoms with Gasteiger partial charge in [0, 0.05) is 28.8 Å². The molecule has 0 unspecified atom stereocenters. The monoisotopic (exact) mass is 320 g/mol. The fourth-order valence-corrected chi connectivity index (χ4v) is 3.68. The highest BCUT2D eigenvalue weighted by Crippen LogP contribution is 2.19. The Labute approximate surface area is 133 Å². The lowest BCUT2D eigenvalue weighted by atomic mass is 10.3. The minimum atomic E-state index is 0.241. The van der Waals surface area contributed by atoms with Gasteiger partial charge in [0.1, 0.15) is 0 Å². The maximum atomic E-state index is 12.5. The lowest BCUT2D eigenvalue weighted by molar-refractivity contribution is -0.132. The molecule has 0 bridgehead atoms. The number of carbonyl (C=O) groups excluding carboxylic acids is 1. The van der Waals surface area contributed by atoms with Crippen molar-refractivity contribution in [3.8, 4) is 0 Å². The van der Waals surface area contributed by atoms with E-state index >= 15 is 0 Å². The van der Waals surface area contributed by atoms with E-state index < -0.39 is 0 Å². The van der Waals surface area contributed by atoms with Gasteiger partial charge in [0.15, 0.2) is 0 Å². The third kappa shape index (κ3) is 4.66. The van der Waals surface area contributed by atoms with Crippen molar-refractivity contribution >= 4 is 28.6 Å². The molecule has 0 radical (unpaired) electrons. The van der Waals surface area contributed by atoms with E-state index in [2.05, 4.69) is 28.2 Å². The van der Waals surface area contributed by atoms with Crippen molar-refractivity contribution in [1.82, 2.24) is 10.2 Å². The number of hydrogen-bond acceptors (Lipinski definition) is 4. The molecule has 2 aromatic rings. The van der Waals surface area contributed by atoms with E-state index in [4.69, 9.17) is 0 Å². The third-order valence-corrected chi connectivity index (χ3v) is 5.28. The number of thiophene rings is 2. The summed E-state index contributed by atoms with van der Waals surface area (Å²) in [6.07, 6.45) is 3.12. The number of rotatable bonds is 8. The van der Waals surface area contributed by atoms with E-state index in [1.807, 2.05) is 17.0 Å². The van der Waals surface area contributed by atoms with Gasteiger partial charge in [-0.2, -0.15) is 0 Å². The van der Waals surface area contributed by atoms with Crippen LogP contribution >= 0.6 is 22.7 Å². The van der Waals surface area contributed by atoms with Crippen molar-refractivity contribution in [2.24, 2.45) is 0 Å². The molecule has 2 aromatic heterocycles. The first-order chi connectivity index (χ1) is 10.3. The molecule has 0 spiro atoms. The van der Waals surface area contributed by atoms with Crippen LogP contribution < -0.4 is 5.32 Å². The summed E-state index contributed by atoms with van der Waals surface area (Å²) < 4.78 is 0. The molecule has 5 heteroatoms. The highest BCUT2D eigenvalue weighted by atomic mass is 32.1. The van der Waals surface area contributed by atoms with E-state index in [9.17, 15) is 4.79 Å². The van der Waals surface area contributed by atoms with E-state index in [1.165, 1.54) is 22.6 Å². The zero-order valence-electron chi connectivity index (χ0n) is 12.0. The van der Waals surface area contributed by atoms with E-state index in [0.717, 1.165) is 19.6 Å². The third-order valence-electron chi connectivity index (χ3n) is 3.56. The minimum Gasteiger partial charge on any atom is -0.332 e. The van der Waals surface area contributed by atoms with Crippen molar-refractivity contribution in [2.45, 2.75) is 38.4 Å². The van der Waals surface area contributed by atoms with Crippen LogP contribution in [0, 0.1) is 0 Å². The van der Waals surface area contributed by atoms with Crippen LogP contribution in [-0.4, -0.2) is 23.4 Å². The Bertz CT molecular complexity index is 511. The molecule has 2 heterocycles. The second-order valence-corrected chi connectivity index (χ2v) is 7.45. The van der Waals surface area contributed by atoms with Crippen LogP contribution in [0.5, 0.6) is 0 Å². The summed E-state index contributed by atoms with van der Waals surface area (Å²) in [7, 11) is 0. The summed E-state index contributed by atoms with van der Waals surface area (Å²) >= 11 is 3.43. The van der Waals surface area contributed by atoms with Crippen LogP contribution in [0.25, 0.3) is 0 Å². The Morgan fingerprint density at radius 1 is 1.14 bits per heavy atom. The molecule has 1 fully saturated rings. The Morgan fingerprint density at radius 2 is 1.76 bits per heavy atom. The Balaban J connectivity index is 1.57. The smallest absolute Gasteiger partial charge is 0.224 e. The van der Waals surface area contributed by atoms with E-state index in [1.54, 1.807) is 22.7 Å². The normalized spacial score (nSPS) is 14.3. The van der Waals surface area contributed by atoms with Crippen LogP contribution in [0.1, 0.15) is 29.0 Å². The van der Waals surface area contributed by atoms with Crippen LogP contribution in [0.4, 0.5) is 0 Å². The first-order valence-corrected chi connectivity index (χ1v) is 9.13. The molecule has 1 N–H and O–H groups in total. The molecule has 0 aliphatic heterocycles. The van der Waals surface area contributed by atoms with Crippen LogP contribution in [-0.2, 0) is 17.9 Å². The van der Waals surface area contributed by atoms with Gasteiger partial charge in [-0.1, -0.05) is 12.1 Å². The van der Waals surface area contributed by atoms with E-state index in [0.29, 0.717) is 12.5 Å². The van der Waals surface area contributed by atoms with Crippen LogP contribution in [0.2, 0.25) is 0 Å². The van der Waals surface area contributed by atoms with Gasteiger partial charge in [0.2, 0.25) is 5.91 Å². The SMILES string of the molecule is O=C(CCNC1CC1)N(Cc1cccs1)Cc1cccs1. The van der Waals surface area contributed by atoms with Crippen molar-refractivity contribution in [2.75, 3.05) is 6.54 Å². The van der Waals surface area contributed by atoms with Crippen molar-refractivity contribution in [3.05, 3.63) is 44.8 Å². The van der Waals surface area contributed by atoms with Gasteiger partial charge in [0.25, 0.3) is 0 Å². The van der Waals surface area contributed by atoms with Gasteiger partial charge < -0.3 is 10.2 Å². The average Bonchev–Trinajstić information content (AvgIpc) is 2.94. The lowest BCUT2D eigenvalue weighted by Crippen LogP contribution is -2.32. The summed E-state index contributed by atoms with van der Waals surface area (Å²) in [4.78, 5) is 17.0. The molecule has 1 amide bonds. The second kappa shape index (κ2) is 7.20. The van der Waals surface area contributed by atoms with Gasteiger partial charge in [-0.15, -0.1) is 22.7 Å². The van der Waals surface area contributed by atoms with Gasteiger partial charge in [0.05, 0.1) is 13.1 Å². The molecule has 0 aromatic carbocycles. The number of carbonyl (C=O) groups is 1. The number of nitrogens with one attached hydrogen (secondary N) is 1. The fourth-order valence-electron chi connectivity index (χ4n) is 2.24. The maximum absolute atomic E-state index is 12.5. The maximum Gasteiger partial charge on any atom is 0.224 e. The molecular formula is C16H20N2OS2. The second-order valence-electron chi connectivity index (χ2n) is 5.39. The summed E-state index contributed by atoms with van der Waals surface area (Å²) in [5.74, 6) is 0.241. The molecule has 21 heavy (non-hydrogen) atoms. The largest absolute Gasteiger partial charge is 0.332 e. The topological polar surface area (TPSA) is 32.3 Å². The van der Waals surface area contributed by atoms with Gasteiger partial charge in [-0.3, -0.25) is 4.79 Å². The molecule has 1 aliphatic rings. The van der Waals surface area contributed by atoms with Gasteiger partial charge >= 0.3 is 0 Å². The number of nitrogens with zero attached hydrogens (tertiary/aromatic N) is 1. The van der Waals surface area contributed by atoms with E-state index in [-0.39, 0.29) is 5.91 Å². The molecule has 1 aliphatic carbocycles. The molecule has 3 nitrogen and oxygen atoms in total. The Morgan fingerprint density at radius 3 is 2.24 bits per heavy atom. The first-order valence-electron chi connectivity index (χ1n) is 7.37. The standard InChI is InChI=1S/C16H20N2OS2/c19-16(7-8-17-13-5-6-13)18(11-14-3-1-9-20-14)12-15-4-2-10-21-15/h1-4,9-10,13,17H,5-8,11-12H2. The zero-order valence-corrected chi connectivity index (χ0v) is 13.6. The van der Waals surface area contributed by atoms with Crippen LogP contribution in [0.3, 0.4) is 0 Å². The van der Waals surface area contributed by atoms with Crippen molar-refractivity contribution < 1.29 is 4.79 Å². The predicted octanol–water partition coefficient (Wildman–Crippen LogP) is 3.48. The van der Waals surface area contributed by atoms with Gasteiger partial charge in [-0.25, -0.2) is 0 Å². The zero-order chi connectivity index (χ0) is 14.5. The molecule has 1 saturated carbocycles. The predicted molar refractivity (Wildman–Crippen MR) is 88.5 cm³/mol. The van der Waals surface area contributed by atoms with Crippen molar-refractivity contribution in [3.63, 3.8) is 0 Å². The molecule has 112 valence electrons. The summed E-state index contributed by atoms with van der Waals surface area (Å²) in [6.45, 7) is 2.24. The highest BCUT2D eigenvalue weighted by molar-refractivity contribution is 7.10.